The van der Waals surface area contributed by atoms with E-state index in [2.05, 4.69) is 65.8 Å². The first-order valence-corrected chi connectivity index (χ1v) is 18.7. The Hall–Kier alpha value is -5.48. The lowest BCUT2D eigenvalue weighted by Gasteiger charge is -2.23. The van der Waals surface area contributed by atoms with Crippen LogP contribution in [0.5, 0.6) is 23.0 Å². The van der Waals surface area contributed by atoms with Crippen LogP contribution in [0.3, 0.4) is 0 Å². The summed E-state index contributed by atoms with van der Waals surface area (Å²) >= 11 is 0. The Labute approximate surface area is 315 Å². The largest absolute Gasteiger partial charge is 0.507 e. The molecule has 272 valence electrons. The Morgan fingerprint density at radius 1 is 0.396 bits per heavy atom. The van der Waals surface area contributed by atoms with Crippen LogP contribution < -0.4 is 9.47 Å². The van der Waals surface area contributed by atoms with Gasteiger partial charge in [-0.25, -0.2) is 0 Å². The topological polar surface area (TPSA) is 58.9 Å². The summed E-state index contributed by atoms with van der Waals surface area (Å²) in [5.74, 6) is 2.02. The summed E-state index contributed by atoms with van der Waals surface area (Å²) in [5, 5.41) is 23.2. The first-order valence-electron chi connectivity index (χ1n) is 18.7. The third-order valence-corrected chi connectivity index (χ3v) is 9.78. The van der Waals surface area contributed by atoms with Crippen LogP contribution in [0.4, 0.5) is 0 Å². The minimum Gasteiger partial charge on any atom is -0.507 e. The second kappa shape index (κ2) is 16.0. The molecular formula is C49H52O4. The van der Waals surface area contributed by atoms with Crippen LogP contribution in [0.25, 0.3) is 44.5 Å². The number of para-hydroxylation sites is 2. The molecule has 0 bridgehead atoms. The van der Waals surface area contributed by atoms with E-state index in [-0.39, 0.29) is 22.3 Å². The minimum atomic E-state index is -0.105. The zero-order chi connectivity index (χ0) is 37.6. The van der Waals surface area contributed by atoms with Crippen molar-refractivity contribution in [1.82, 2.24) is 0 Å². The average molecular weight is 705 g/mol. The van der Waals surface area contributed by atoms with Gasteiger partial charge < -0.3 is 19.7 Å². The summed E-state index contributed by atoms with van der Waals surface area (Å²) in [4.78, 5) is 0. The van der Waals surface area contributed by atoms with Crippen molar-refractivity contribution in [3.63, 3.8) is 0 Å². The van der Waals surface area contributed by atoms with Crippen molar-refractivity contribution in [2.75, 3.05) is 13.2 Å². The fraction of sp³-hybridized carbons (Fsp3) is 0.265. The highest BCUT2D eigenvalue weighted by atomic mass is 16.5. The molecule has 2 N–H and O–H groups in total. The quantitative estimate of drug-likeness (QED) is 0.125. The smallest absolute Gasteiger partial charge is 0.131 e. The lowest BCUT2D eigenvalue weighted by atomic mass is 9.82. The number of benzene rings is 6. The van der Waals surface area contributed by atoms with Crippen molar-refractivity contribution in [2.24, 2.45) is 0 Å². The summed E-state index contributed by atoms with van der Waals surface area (Å²) in [6.07, 6.45) is 2.64. The maximum absolute atomic E-state index is 11.6. The highest BCUT2D eigenvalue weighted by Gasteiger charge is 2.23. The fourth-order valence-electron chi connectivity index (χ4n) is 6.60. The van der Waals surface area contributed by atoms with Gasteiger partial charge in [-0.15, -0.1) is 0 Å². The molecule has 0 amide bonds. The van der Waals surface area contributed by atoms with Crippen LogP contribution in [0, 0.1) is 0 Å². The molecule has 0 heterocycles. The molecule has 6 aromatic carbocycles. The van der Waals surface area contributed by atoms with Gasteiger partial charge in [0.25, 0.3) is 0 Å². The average Bonchev–Trinajstić information content (AvgIpc) is 3.15. The molecule has 0 aliphatic carbocycles. The lowest BCUT2D eigenvalue weighted by Crippen LogP contribution is -2.11. The summed E-state index contributed by atoms with van der Waals surface area (Å²) in [7, 11) is 0. The Balaban J connectivity index is 1.13. The monoisotopic (exact) mass is 704 g/mol. The van der Waals surface area contributed by atoms with Crippen LogP contribution in [0.15, 0.2) is 133 Å². The van der Waals surface area contributed by atoms with Gasteiger partial charge >= 0.3 is 0 Å². The third kappa shape index (κ3) is 8.77. The van der Waals surface area contributed by atoms with E-state index in [0.29, 0.717) is 13.2 Å². The minimum absolute atomic E-state index is 0.105. The van der Waals surface area contributed by atoms with Gasteiger partial charge in [0, 0.05) is 33.4 Å². The summed E-state index contributed by atoms with van der Waals surface area (Å²) in [6, 6.07) is 44.4. The molecule has 0 aromatic heterocycles. The van der Waals surface area contributed by atoms with Gasteiger partial charge in [0.05, 0.1) is 13.2 Å². The molecule has 4 nitrogen and oxygen atoms in total. The van der Waals surface area contributed by atoms with E-state index in [9.17, 15) is 10.2 Å². The molecule has 0 saturated heterocycles. The number of hydrogen-bond donors (Lipinski definition) is 2. The van der Waals surface area contributed by atoms with Crippen molar-refractivity contribution in [1.29, 1.82) is 0 Å². The lowest BCUT2D eigenvalue weighted by molar-refractivity contribution is 0.280. The van der Waals surface area contributed by atoms with E-state index in [1.807, 2.05) is 109 Å². The normalized spacial score (nSPS) is 11.7. The second-order valence-electron chi connectivity index (χ2n) is 15.8. The Kier molecular flexibility index (Phi) is 11.3. The molecule has 0 spiro atoms. The van der Waals surface area contributed by atoms with E-state index >= 15 is 0 Å². The third-order valence-electron chi connectivity index (χ3n) is 9.78. The molecular weight excluding hydrogens is 653 g/mol. The molecule has 0 atom stereocenters. The van der Waals surface area contributed by atoms with E-state index in [1.165, 1.54) is 0 Å². The van der Waals surface area contributed by atoms with E-state index in [0.717, 1.165) is 86.4 Å². The van der Waals surface area contributed by atoms with Crippen molar-refractivity contribution in [2.45, 2.75) is 71.6 Å². The number of unbranched alkanes of at least 4 members (excludes halogenated alkanes) is 2. The number of phenols is 2. The molecule has 53 heavy (non-hydrogen) atoms. The van der Waals surface area contributed by atoms with Gasteiger partial charge in [0.1, 0.15) is 23.0 Å². The van der Waals surface area contributed by atoms with Gasteiger partial charge in [0.2, 0.25) is 0 Å². The van der Waals surface area contributed by atoms with Crippen LogP contribution in [-0.4, -0.2) is 23.4 Å². The zero-order valence-corrected chi connectivity index (χ0v) is 31.9. The van der Waals surface area contributed by atoms with Crippen LogP contribution >= 0.6 is 0 Å². The van der Waals surface area contributed by atoms with Gasteiger partial charge in [-0.2, -0.15) is 0 Å². The SMILES string of the molecule is CC(C)(C)c1cc(-c2ccccc2)c(O)c(-c2ccccc2OCCCCCOc2ccccc2-c2cc(C(C)(C)C)cc(-c3ccccc3)c2O)c1. The molecule has 0 aliphatic heterocycles. The van der Waals surface area contributed by atoms with Crippen LogP contribution in [0.2, 0.25) is 0 Å². The van der Waals surface area contributed by atoms with E-state index in [4.69, 9.17) is 9.47 Å². The standard InChI is InChI=1S/C49H52O4/c1-48(2,3)36-30-40(34-20-10-7-11-21-34)46(50)42(32-36)38-24-14-16-26-44(38)52-28-18-9-19-29-53-45-27-17-15-25-39(45)43-33-37(49(4,5)6)31-41(47(43)51)35-22-12-8-13-23-35/h7-8,10-17,20-27,30-33,50-51H,9,18-19,28-29H2,1-6H3. The first kappa shape index (κ1) is 37.3. The van der Waals surface area contributed by atoms with Crippen LogP contribution in [0.1, 0.15) is 71.9 Å². The molecule has 0 aliphatic rings. The highest BCUT2D eigenvalue weighted by Crippen LogP contribution is 2.46. The zero-order valence-electron chi connectivity index (χ0n) is 31.9. The van der Waals surface area contributed by atoms with Gasteiger partial charge in [-0.3, -0.25) is 0 Å². The number of aromatic hydroxyl groups is 2. The molecule has 6 aromatic rings. The molecule has 0 unspecified atom stereocenters. The highest BCUT2D eigenvalue weighted by molar-refractivity contribution is 5.86. The number of hydrogen-bond acceptors (Lipinski definition) is 4. The van der Waals surface area contributed by atoms with Crippen molar-refractivity contribution in [3.8, 4) is 67.5 Å². The van der Waals surface area contributed by atoms with Crippen molar-refractivity contribution in [3.05, 3.63) is 145 Å². The predicted molar refractivity (Wildman–Crippen MR) is 220 cm³/mol. The maximum Gasteiger partial charge on any atom is 0.131 e. The summed E-state index contributed by atoms with van der Waals surface area (Å²) < 4.78 is 12.8. The molecule has 4 heteroatoms. The Bertz CT molecular complexity index is 1980. The number of phenolic OH excluding ortho intramolecular Hbond substituents is 2. The maximum atomic E-state index is 11.6. The molecule has 0 fully saturated rings. The van der Waals surface area contributed by atoms with Gasteiger partial charge in [-0.05, 0) is 88.7 Å². The Morgan fingerprint density at radius 3 is 1.11 bits per heavy atom. The summed E-state index contributed by atoms with van der Waals surface area (Å²) in [5.41, 5.74) is 8.98. The molecule has 0 radical (unpaired) electrons. The number of rotatable bonds is 12. The van der Waals surface area contributed by atoms with Crippen molar-refractivity contribution < 1.29 is 19.7 Å². The fourth-order valence-corrected chi connectivity index (χ4v) is 6.60. The number of ether oxygens (including phenoxy) is 2. The van der Waals surface area contributed by atoms with Crippen molar-refractivity contribution >= 4 is 0 Å². The van der Waals surface area contributed by atoms with Crippen LogP contribution in [-0.2, 0) is 10.8 Å². The molecule has 6 rings (SSSR count). The first-order chi connectivity index (χ1) is 25.4. The van der Waals surface area contributed by atoms with Gasteiger partial charge in [0.15, 0.2) is 0 Å². The van der Waals surface area contributed by atoms with E-state index in [1.54, 1.807) is 0 Å². The molecule has 0 saturated carbocycles. The van der Waals surface area contributed by atoms with E-state index < -0.39 is 0 Å². The second-order valence-corrected chi connectivity index (χ2v) is 15.8. The summed E-state index contributed by atoms with van der Waals surface area (Å²) in [6.45, 7) is 14.3. The van der Waals surface area contributed by atoms with Gasteiger partial charge in [-0.1, -0.05) is 139 Å². The Morgan fingerprint density at radius 2 is 0.736 bits per heavy atom. The predicted octanol–water partition coefficient (Wildman–Crippen LogP) is 13.0.